The molecule has 0 amide bonds. The molecule has 0 aliphatic carbocycles. The number of benzene rings is 2. The van der Waals surface area contributed by atoms with E-state index in [9.17, 15) is 4.79 Å². The molecule has 0 spiro atoms. The van der Waals surface area contributed by atoms with Gasteiger partial charge in [0.05, 0.1) is 6.61 Å². The Balaban J connectivity index is 2.09. The van der Waals surface area contributed by atoms with E-state index in [0.717, 1.165) is 18.3 Å². The minimum atomic E-state index is 0.477. The van der Waals surface area contributed by atoms with E-state index >= 15 is 0 Å². The molecule has 0 aromatic heterocycles. The van der Waals surface area contributed by atoms with Gasteiger partial charge in [0.1, 0.15) is 12.9 Å². The van der Waals surface area contributed by atoms with Crippen LogP contribution >= 0.6 is 0 Å². The van der Waals surface area contributed by atoms with Gasteiger partial charge in [0.2, 0.25) is 0 Å². The third kappa shape index (κ3) is 4.09. The van der Waals surface area contributed by atoms with Gasteiger partial charge in [0.25, 0.3) is 0 Å². The molecule has 2 aromatic carbocycles. The molecule has 0 aliphatic heterocycles. The van der Waals surface area contributed by atoms with Crippen LogP contribution in [0, 0.1) is 0 Å². The average Bonchev–Trinajstić information content (AvgIpc) is 2.54. The number of carbonyl (C=O) groups is 1. The Morgan fingerprint density at radius 1 is 0.905 bits per heavy atom. The van der Waals surface area contributed by atoms with Crippen LogP contribution < -0.4 is 9.47 Å². The van der Waals surface area contributed by atoms with Gasteiger partial charge >= 0.3 is 0 Å². The summed E-state index contributed by atoms with van der Waals surface area (Å²) < 4.78 is 11.3. The first-order chi connectivity index (χ1) is 10.3. The number of aldehydes is 1. The average molecular weight is 284 g/mol. The summed E-state index contributed by atoms with van der Waals surface area (Å²) in [6.45, 7) is 5.05. The van der Waals surface area contributed by atoms with Crippen molar-refractivity contribution < 1.29 is 14.3 Å². The minimum absolute atomic E-state index is 0.477. The molecule has 110 valence electrons. The van der Waals surface area contributed by atoms with E-state index in [1.165, 1.54) is 5.56 Å². The van der Waals surface area contributed by atoms with E-state index in [4.69, 9.17) is 9.47 Å². The van der Waals surface area contributed by atoms with E-state index in [-0.39, 0.29) is 0 Å². The lowest BCUT2D eigenvalue weighted by Crippen LogP contribution is -2.00. The Hall–Kier alpha value is -2.29. The van der Waals surface area contributed by atoms with Gasteiger partial charge < -0.3 is 9.47 Å². The van der Waals surface area contributed by atoms with Crippen LogP contribution in [0.25, 0.3) is 0 Å². The van der Waals surface area contributed by atoms with Crippen LogP contribution in [0.3, 0.4) is 0 Å². The van der Waals surface area contributed by atoms with Crippen molar-refractivity contribution in [3.05, 3.63) is 59.2 Å². The van der Waals surface area contributed by atoms with Crippen molar-refractivity contribution >= 4 is 6.29 Å². The van der Waals surface area contributed by atoms with Crippen LogP contribution in [-0.2, 0) is 13.0 Å². The van der Waals surface area contributed by atoms with Crippen LogP contribution in [0.15, 0.2) is 42.5 Å². The lowest BCUT2D eigenvalue weighted by Gasteiger charge is -2.12. The lowest BCUT2D eigenvalue weighted by atomic mass is 10.1. The van der Waals surface area contributed by atoms with Gasteiger partial charge in [-0.25, -0.2) is 0 Å². The molecule has 3 heteroatoms. The van der Waals surface area contributed by atoms with Crippen LogP contribution in [0.5, 0.6) is 11.5 Å². The predicted molar refractivity (Wildman–Crippen MR) is 83.2 cm³/mol. The molecule has 3 nitrogen and oxygen atoms in total. The molecule has 21 heavy (non-hydrogen) atoms. The summed E-state index contributed by atoms with van der Waals surface area (Å²) in [7, 11) is 0. The topological polar surface area (TPSA) is 35.5 Å². The highest BCUT2D eigenvalue weighted by Gasteiger charge is 2.06. The second-order valence-electron chi connectivity index (χ2n) is 4.72. The van der Waals surface area contributed by atoms with E-state index < -0.39 is 0 Å². The summed E-state index contributed by atoms with van der Waals surface area (Å²) in [5.41, 5.74) is 3.00. The Bertz CT molecular complexity index is 588. The van der Waals surface area contributed by atoms with E-state index in [1.54, 1.807) is 18.2 Å². The highest BCUT2D eigenvalue weighted by molar-refractivity contribution is 5.76. The van der Waals surface area contributed by atoms with E-state index in [1.807, 2.05) is 6.92 Å². The monoisotopic (exact) mass is 284 g/mol. The number of hydrogen-bond acceptors (Lipinski definition) is 3. The highest BCUT2D eigenvalue weighted by atomic mass is 16.5. The fourth-order valence-corrected chi connectivity index (χ4v) is 2.02. The van der Waals surface area contributed by atoms with Gasteiger partial charge in [-0.2, -0.15) is 0 Å². The first kappa shape index (κ1) is 15.1. The SMILES string of the molecule is CCOc1cc(C=O)ccc1OCc1ccc(CC)cc1. The summed E-state index contributed by atoms with van der Waals surface area (Å²) >= 11 is 0. The molecule has 0 atom stereocenters. The molecule has 0 saturated carbocycles. The zero-order valence-corrected chi connectivity index (χ0v) is 12.5. The Kier molecular flexibility index (Phi) is 5.38. The second-order valence-corrected chi connectivity index (χ2v) is 4.72. The Morgan fingerprint density at radius 2 is 1.62 bits per heavy atom. The summed E-state index contributed by atoms with van der Waals surface area (Å²) in [6, 6.07) is 13.6. The summed E-state index contributed by atoms with van der Waals surface area (Å²) in [4.78, 5) is 10.8. The first-order valence-electron chi connectivity index (χ1n) is 7.19. The Labute approximate surface area is 125 Å². The van der Waals surface area contributed by atoms with Gasteiger partial charge in [0.15, 0.2) is 11.5 Å². The fraction of sp³-hybridized carbons (Fsp3) is 0.278. The van der Waals surface area contributed by atoms with Crippen molar-refractivity contribution in [3.8, 4) is 11.5 Å². The maximum atomic E-state index is 10.8. The molecule has 0 saturated heterocycles. The van der Waals surface area contributed by atoms with E-state index in [2.05, 4.69) is 31.2 Å². The number of carbonyl (C=O) groups excluding carboxylic acids is 1. The largest absolute Gasteiger partial charge is 0.490 e. The lowest BCUT2D eigenvalue weighted by molar-refractivity contribution is 0.112. The van der Waals surface area contributed by atoms with Gasteiger partial charge in [-0.05, 0) is 42.7 Å². The van der Waals surface area contributed by atoms with Crippen LogP contribution in [0.4, 0.5) is 0 Å². The molecular weight excluding hydrogens is 264 g/mol. The normalized spacial score (nSPS) is 10.2. The molecule has 0 aliphatic rings. The number of aryl methyl sites for hydroxylation is 1. The molecule has 2 rings (SSSR count). The number of rotatable bonds is 7. The van der Waals surface area contributed by atoms with Crippen LogP contribution in [0.2, 0.25) is 0 Å². The molecule has 2 aromatic rings. The van der Waals surface area contributed by atoms with Gasteiger partial charge in [0, 0.05) is 5.56 Å². The standard InChI is InChI=1S/C18H20O3/c1-3-14-5-7-15(8-6-14)13-21-17-10-9-16(12-19)11-18(17)20-4-2/h5-12H,3-4,13H2,1-2H3. The summed E-state index contributed by atoms with van der Waals surface area (Å²) in [6.07, 6.45) is 1.83. The van der Waals surface area contributed by atoms with Gasteiger partial charge in [-0.1, -0.05) is 31.2 Å². The molecule has 0 unspecified atom stereocenters. The summed E-state index contributed by atoms with van der Waals surface area (Å²) in [5, 5.41) is 0. The summed E-state index contributed by atoms with van der Waals surface area (Å²) in [5.74, 6) is 1.26. The Morgan fingerprint density at radius 3 is 2.24 bits per heavy atom. The molecule has 0 bridgehead atoms. The quantitative estimate of drug-likeness (QED) is 0.720. The fourth-order valence-electron chi connectivity index (χ4n) is 2.02. The second kappa shape index (κ2) is 7.48. The van der Waals surface area contributed by atoms with Gasteiger partial charge in [-0.15, -0.1) is 0 Å². The first-order valence-corrected chi connectivity index (χ1v) is 7.19. The van der Waals surface area contributed by atoms with Crippen molar-refractivity contribution in [2.45, 2.75) is 26.9 Å². The molecule has 0 fully saturated rings. The molecule has 0 radical (unpaired) electrons. The van der Waals surface area contributed by atoms with Crippen molar-refractivity contribution in [2.75, 3.05) is 6.61 Å². The third-order valence-electron chi connectivity index (χ3n) is 3.23. The van der Waals surface area contributed by atoms with Crippen molar-refractivity contribution in [1.29, 1.82) is 0 Å². The smallest absolute Gasteiger partial charge is 0.161 e. The minimum Gasteiger partial charge on any atom is -0.490 e. The number of ether oxygens (including phenoxy) is 2. The van der Waals surface area contributed by atoms with Crippen molar-refractivity contribution in [2.24, 2.45) is 0 Å². The van der Waals surface area contributed by atoms with E-state index in [0.29, 0.717) is 30.3 Å². The van der Waals surface area contributed by atoms with Crippen LogP contribution in [-0.4, -0.2) is 12.9 Å². The van der Waals surface area contributed by atoms with Gasteiger partial charge in [-0.3, -0.25) is 4.79 Å². The van der Waals surface area contributed by atoms with Crippen molar-refractivity contribution in [1.82, 2.24) is 0 Å². The maximum Gasteiger partial charge on any atom is 0.161 e. The number of hydrogen-bond donors (Lipinski definition) is 0. The van der Waals surface area contributed by atoms with Crippen molar-refractivity contribution in [3.63, 3.8) is 0 Å². The molecule has 0 N–H and O–H groups in total. The van der Waals surface area contributed by atoms with Crippen LogP contribution in [0.1, 0.15) is 35.3 Å². The third-order valence-corrected chi connectivity index (χ3v) is 3.23. The molecule has 0 heterocycles. The molecular formula is C18H20O3. The maximum absolute atomic E-state index is 10.8. The highest BCUT2D eigenvalue weighted by Crippen LogP contribution is 2.28. The zero-order valence-electron chi connectivity index (χ0n) is 12.5. The predicted octanol–water partition coefficient (Wildman–Crippen LogP) is 4.04. The zero-order chi connectivity index (χ0) is 15.1.